The van der Waals surface area contributed by atoms with Gasteiger partial charge in [0.15, 0.2) is 23.0 Å². The average Bonchev–Trinajstić information content (AvgIpc) is 3.07. The van der Waals surface area contributed by atoms with Crippen LogP contribution in [0.4, 0.5) is 0 Å². The molecule has 2 aromatic carbocycles. The second kappa shape index (κ2) is 23.7. The quantitative estimate of drug-likeness (QED) is 0.176. The first-order chi connectivity index (χ1) is 22.6. The lowest BCUT2D eigenvalue weighted by atomic mass is 10.0. The third-order valence-corrected chi connectivity index (χ3v) is 8.31. The van der Waals surface area contributed by atoms with Crippen LogP contribution in [0.1, 0.15) is 127 Å². The predicted octanol–water partition coefficient (Wildman–Crippen LogP) is 8.52. The normalized spacial score (nSPS) is 16.3. The fraction of sp³-hybridized carbons (Fsp3) is 0.684. The van der Waals surface area contributed by atoms with Crippen LogP contribution in [0.5, 0.6) is 23.0 Å². The van der Waals surface area contributed by atoms with Gasteiger partial charge in [-0.3, -0.25) is 0 Å². The van der Waals surface area contributed by atoms with Crippen LogP contribution in [-0.4, -0.2) is 63.1 Å². The van der Waals surface area contributed by atoms with Crippen LogP contribution in [0.2, 0.25) is 0 Å². The Labute approximate surface area is 277 Å². The van der Waals surface area contributed by atoms with E-state index in [9.17, 15) is 10.2 Å². The summed E-state index contributed by atoms with van der Waals surface area (Å²) >= 11 is 0. The second-order valence-corrected chi connectivity index (χ2v) is 12.2. The number of ether oxygens (including phenoxy) is 6. The molecule has 2 atom stereocenters. The number of benzene rings is 2. The van der Waals surface area contributed by atoms with Gasteiger partial charge in [-0.1, -0.05) is 103 Å². The molecule has 2 unspecified atom stereocenters. The van der Waals surface area contributed by atoms with Gasteiger partial charge in [-0.25, -0.2) is 0 Å². The molecule has 8 nitrogen and oxygen atoms in total. The van der Waals surface area contributed by atoms with E-state index in [1.165, 1.54) is 51.4 Å². The van der Waals surface area contributed by atoms with E-state index >= 15 is 0 Å². The van der Waals surface area contributed by atoms with E-state index in [1.807, 2.05) is 36.4 Å². The van der Waals surface area contributed by atoms with Gasteiger partial charge in [0, 0.05) is 0 Å². The van der Waals surface area contributed by atoms with Crippen LogP contribution < -0.4 is 18.9 Å². The van der Waals surface area contributed by atoms with Gasteiger partial charge in [0.05, 0.1) is 38.6 Å². The second-order valence-electron chi connectivity index (χ2n) is 12.2. The molecule has 3 rings (SSSR count). The Morgan fingerprint density at radius 2 is 0.804 bits per heavy atom. The van der Waals surface area contributed by atoms with E-state index in [0.29, 0.717) is 75.9 Å². The molecular formula is C38H60O8. The number of unbranched alkanes of at least 4 members (excludes halogenated alkanes) is 10. The predicted molar refractivity (Wildman–Crippen MR) is 182 cm³/mol. The van der Waals surface area contributed by atoms with Crippen LogP contribution in [0.3, 0.4) is 0 Å². The molecule has 0 amide bonds. The van der Waals surface area contributed by atoms with Gasteiger partial charge in [-0.05, 0) is 48.2 Å². The van der Waals surface area contributed by atoms with Crippen molar-refractivity contribution >= 4 is 0 Å². The van der Waals surface area contributed by atoms with E-state index in [0.717, 1.165) is 49.7 Å². The summed E-state index contributed by atoms with van der Waals surface area (Å²) in [4.78, 5) is 0. The third-order valence-electron chi connectivity index (χ3n) is 8.31. The maximum Gasteiger partial charge on any atom is 0.161 e. The van der Waals surface area contributed by atoms with Crippen molar-refractivity contribution in [1.29, 1.82) is 0 Å². The van der Waals surface area contributed by atoms with Crippen molar-refractivity contribution in [3.8, 4) is 23.0 Å². The van der Waals surface area contributed by atoms with Crippen LogP contribution in [0, 0.1) is 0 Å². The van der Waals surface area contributed by atoms with E-state index < -0.39 is 12.2 Å². The minimum absolute atomic E-state index is 0.337. The van der Waals surface area contributed by atoms with Crippen molar-refractivity contribution in [1.82, 2.24) is 0 Å². The van der Waals surface area contributed by atoms with E-state index in [-0.39, 0.29) is 0 Å². The Balaban J connectivity index is 1.51. The summed E-state index contributed by atoms with van der Waals surface area (Å²) in [7, 11) is 0. The number of hydrogen-bond donors (Lipinski definition) is 2. The van der Waals surface area contributed by atoms with Gasteiger partial charge in [0.1, 0.15) is 26.4 Å². The summed E-state index contributed by atoms with van der Waals surface area (Å²) in [5, 5.41) is 21.6. The molecule has 260 valence electrons. The SMILES string of the molecule is CCCCCCCCC(O)c1ccc2c(c1)OCCOCCOc1ccc(C(O)CCCCCCCC)cc1OCCOCCO2. The molecule has 0 saturated heterocycles. The summed E-state index contributed by atoms with van der Waals surface area (Å²) in [6.45, 7) is 7.34. The highest BCUT2D eigenvalue weighted by Crippen LogP contribution is 2.34. The maximum absolute atomic E-state index is 10.8. The lowest BCUT2D eigenvalue weighted by molar-refractivity contribution is 0.0637. The molecule has 0 bridgehead atoms. The molecule has 1 aliphatic rings. The van der Waals surface area contributed by atoms with Crippen LogP contribution in [-0.2, 0) is 9.47 Å². The molecule has 2 aromatic rings. The fourth-order valence-electron chi connectivity index (χ4n) is 5.54. The largest absolute Gasteiger partial charge is 0.487 e. The maximum atomic E-state index is 10.8. The van der Waals surface area contributed by atoms with Crippen LogP contribution in [0.15, 0.2) is 36.4 Å². The van der Waals surface area contributed by atoms with Crippen molar-refractivity contribution < 1.29 is 38.6 Å². The molecule has 1 aliphatic heterocycles. The van der Waals surface area contributed by atoms with Crippen molar-refractivity contribution in [2.45, 2.75) is 116 Å². The highest BCUT2D eigenvalue weighted by atomic mass is 16.6. The Morgan fingerprint density at radius 3 is 1.20 bits per heavy atom. The van der Waals surface area contributed by atoms with E-state index in [1.54, 1.807) is 0 Å². The van der Waals surface area contributed by atoms with Crippen LogP contribution >= 0.6 is 0 Å². The van der Waals surface area contributed by atoms with Crippen molar-refractivity contribution in [3.63, 3.8) is 0 Å². The molecule has 0 spiro atoms. The zero-order chi connectivity index (χ0) is 32.7. The summed E-state index contributed by atoms with van der Waals surface area (Å²) in [5.74, 6) is 2.40. The van der Waals surface area contributed by atoms with Crippen molar-refractivity contribution in [2.75, 3.05) is 52.9 Å². The number of aliphatic hydroxyl groups is 2. The Hall–Kier alpha value is -2.52. The van der Waals surface area contributed by atoms with Crippen molar-refractivity contribution in [3.05, 3.63) is 47.5 Å². The lowest BCUT2D eigenvalue weighted by Crippen LogP contribution is -2.15. The molecule has 0 aromatic heterocycles. The minimum atomic E-state index is -0.535. The number of rotatable bonds is 16. The molecule has 46 heavy (non-hydrogen) atoms. The van der Waals surface area contributed by atoms with E-state index in [4.69, 9.17) is 28.4 Å². The first-order valence-electron chi connectivity index (χ1n) is 17.9. The summed E-state index contributed by atoms with van der Waals surface area (Å²) < 4.78 is 35.7. The van der Waals surface area contributed by atoms with Crippen LogP contribution in [0.25, 0.3) is 0 Å². The van der Waals surface area contributed by atoms with Crippen molar-refractivity contribution in [2.24, 2.45) is 0 Å². The molecule has 0 fully saturated rings. The summed E-state index contributed by atoms with van der Waals surface area (Å²) in [6, 6.07) is 11.3. The van der Waals surface area contributed by atoms with Gasteiger partial charge in [-0.15, -0.1) is 0 Å². The van der Waals surface area contributed by atoms with Gasteiger partial charge >= 0.3 is 0 Å². The Morgan fingerprint density at radius 1 is 0.457 bits per heavy atom. The smallest absolute Gasteiger partial charge is 0.161 e. The zero-order valence-corrected chi connectivity index (χ0v) is 28.5. The topological polar surface area (TPSA) is 95.8 Å². The first kappa shape index (κ1) is 37.9. The summed E-state index contributed by atoms with van der Waals surface area (Å²) in [6.07, 6.45) is 14.7. The molecule has 0 saturated carbocycles. The monoisotopic (exact) mass is 644 g/mol. The van der Waals surface area contributed by atoms with Gasteiger partial charge < -0.3 is 38.6 Å². The standard InChI is InChI=1S/C38H60O8/c1-3-5-7-9-11-13-15-33(39)31-17-19-35-37(29-31)45-27-23-41-22-26-44-36-20-18-32(34(40)16-14-12-10-8-6-4-2)30-38(36)46-28-24-42-21-25-43-35/h17-20,29-30,33-34,39-40H,3-16,21-28H2,1-2H3. The highest BCUT2D eigenvalue weighted by molar-refractivity contribution is 5.44. The minimum Gasteiger partial charge on any atom is -0.487 e. The van der Waals surface area contributed by atoms with E-state index in [2.05, 4.69) is 13.8 Å². The number of fused-ring (bicyclic) bond motifs is 2. The number of hydrogen-bond acceptors (Lipinski definition) is 8. The molecule has 0 radical (unpaired) electrons. The Bertz CT molecular complexity index is 977. The van der Waals surface area contributed by atoms with Gasteiger partial charge in [0.2, 0.25) is 0 Å². The van der Waals surface area contributed by atoms with Gasteiger partial charge in [0.25, 0.3) is 0 Å². The molecular weight excluding hydrogens is 584 g/mol. The van der Waals surface area contributed by atoms with Gasteiger partial charge in [-0.2, -0.15) is 0 Å². The molecule has 0 aliphatic carbocycles. The number of aliphatic hydroxyl groups excluding tert-OH is 2. The third kappa shape index (κ3) is 14.9. The lowest BCUT2D eigenvalue weighted by Gasteiger charge is -2.18. The highest BCUT2D eigenvalue weighted by Gasteiger charge is 2.15. The zero-order valence-electron chi connectivity index (χ0n) is 28.5. The first-order valence-corrected chi connectivity index (χ1v) is 17.9. The molecule has 2 N–H and O–H groups in total. The molecule has 1 heterocycles. The Kier molecular flexibility index (Phi) is 19.6. The molecule has 8 heteroatoms. The summed E-state index contributed by atoms with van der Waals surface area (Å²) in [5.41, 5.74) is 1.66. The fourth-order valence-corrected chi connectivity index (χ4v) is 5.54. The average molecular weight is 645 g/mol.